The molecule has 0 aromatic heterocycles. The third-order valence-electron chi connectivity index (χ3n) is 7.01. The van der Waals surface area contributed by atoms with Crippen molar-refractivity contribution in [3.8, 4) is 0 Å². The van der Waals surface area contributed by atoms with Gasteiger partial charge in [0.2, 0.25) is 11.8 Å². The molecule has 12 heteroatoms. The third-order valence-corrected chi connectivity index (χ3v) is 7.01. The first-order valence-corrected chi connectivity index (χ1v) is 11.9. The summed E-state index contributed by atoms with van der Waals surface area (Å²) in [5, 5.41) is 2.83. The highest BCUT2D eigenvalue weighted by atomic mass is 19.4. The first-order chi connectivity index (χ1) is 17.6. The van der Waals surface area contributed by atoms with Crippen molar-refractivity contribution < 1.29 is 45.1 Å². The highest BCUT2D eigenvalue weighted by Gasteiger charge is 2.51. The van der Waals surface area contributed by atoms with Gasteiger partial charge in [0.25, 0.3) is 0 Å². The van der Waals surface area contributed by atoms with Crippen molar-refractivity contribution in [1.29, 1.82) is 0 Å². The Morgan fingerprint density at radius 3 is 2.13 bits per heavy atom. The number of rotatable bonds is 5. The molecule has 5 atom stereocenters. The molecule has 2 saturated heterocycles. The van der Waals surface area contributed by atoms with Crippen molar-refractivity contribution in [3.05, 3.63) is 70.5 Å². The molecule has 1 N–H and O–H groups in total. The van der Waals surface area contributed by atoms with E-state index in [0.717, 1.165) is 0 Å². The number of carbonyl (C=O) groups is 2. The van der Waals surface area contributed by atoms with Gasteiger partial charge in [-0.25, -0.2) is 4.39 Å². The Morgan fingerprint density at radius 1 is 1.03 bits per heavy atom. The summed E-state index contributed by atoms with van der Waals surface area (Å²) < 4.78 is 100. The van der Waals surface area contributed by atoms with E-state index in [4.69, 9.17) is 4.74 Å². The second-order valence-electron chi connectivity index (χ2n) is 9.62. The summed E-state index contributed by atoms with van der Waals surface area (Å²) in [6.07, 6.45) is -11.6. The molecular weight excluding hydrogens is 521 g/mol. The lowest BCUT2D eigenvalue weighted by Gasteiger charge is -2.39. The molecule has 2 aliphatic rings. The topological polar surface area (TPSA) is 58.6 Å². The minimum absolute atomic E-state index is 0.00292. The number of piperidine rings is 1. The molecule has 2 amide bonds. The fraction of sp³-hybridized carbons (Fsp3) is 0.462. The lowest BCUT2D eigenvalue weighted by molar-refractivity contribution is -0.143. The van der Waals surface area contributed by atoms with Crippen LogP contribution in [0.4, 0.5) is 30.7 Å². The van der Waals surface area contributed by atoms with Gasteiger partial charge in [0.1, 0.15) is 5.82 Å². The van der Waals surface area contributed by atoms with Gasteiger partial charge in [0.05, 0.1) is 35.4 Å². The molecule has 2 aliphatic heterocycles. The number of benzene rings is 2. The highest BCUT2D eigenvalue weighted by molar-refractivity contribution is 5.79. The average Bonchev–Trinajstić information content (AvgIpc) is 3.20. The summed E-state index contributed by atoms with van der Waals surface area (Å²) in [5.41, 5.74) is -2.70. The molecule has 2 aromatic carbocycles. The molecule has 1 unspecified atom stereocenters. The fourth-order valence-corrected chi connectivity index (χ4v) is 5.37. The predicted octanol–water partition coefficient (Wildman–Crippen LogP) is 5.60. The van der Waals surface area contributed by atoms with Crippen LogP contribution in [-0.2, 0) is 26.7 Å². The summed E-state index contributed by atoms with van der Waals surface area (Å²) in [7, 11) is 0. The number of amides is 2. The lowest BCUT2D eigenvalue weighted by atomic mass is 9.82. The lowest BCUT2D eigenvalue weighted by Crippen LogP contribution is -2.55. The van der Waals surface area contributed by atoms with Crippen molar-refractivity contribution in [2.75, 3.05) is 6.54 Å². The van der Waals surface area contributed by atoms with Crippen LogP contribution in [0.1, 0.15) is 61.0 Å². The Labute approximate surface area is 213 Å². The van der Waals surface area contributed by atoms with Gasteiger partial charge in [-0.1, -0.05) is 12.1 Å². The summed E-state index contributed by atoms with van der Waals surface area (Å²) in [6, 6.07) is 5.58. The first-order valence-electron chi connectivity index (χ1n) is 11.9. The minimum Gasteiger partial charge on any atom is -0.368 e. The fourth-order valence-electron chi connectivity index (χ4n) is 5.37. The van der Waals surface area contributed by atoms with E-state index in [1.54, 1.807) is 0 Å². The summed E-state index contributed by atoms with van der Waals surface area (Å²) >= 11 is 0. The van der Waals surface area contributed by atoms with E-state index in [9.17, 15) is 40.3 Å². The summed E-state index contributed by atoms with van der Waals surface area (Å²) in [6.45, 7) is 2.66. The maximum atomic E-state index is 13.7. The van der Waals surface area contributed by atoms with E-state index in [0.29, 0.717) is 24.1 Å². The van der Waals surface area contributed by atoms with E-state index >= 15 is 0 Å². The van der Waals surface area contributed by atoms with Gasteiger partial charge in [-0.3, -0.25) is 9.59 Å². The summed E-state index contributed by atoms with van der Waals surface area (Å²) in [5.74, 6) is -1.70. The third kappa shape index (κ3) is 5.79. The van der Waals surface area contributed by atoms with E-state index < -0.39 is 59.5 Å². The van der Waals surface area contributed by atoms with E-state index in [-0.39, 0.29) is 36.4 Å². The van der Waals surface area contributed by atoms with Gasteiger partial charge in [-0.15, -0.1) is 0 Å². The Kier molecular flexibility index (Phi) is 7.48. The number of fused-ring (bicyclic) bond motifs is 1. The Bertz CT molecular complexity index is 1160. The van der Waals surface area contributed by atoms with Crippen molar-refractivity contribution >= 4 is 11.8 Å². The van der Waals surface area contributed by atoms with Gasteiger partial charge in [-0.05, 0) is 54.8 Å². The molecular formula is C26H25F7N2O3. The molecule has 0 radical (unpaired) electrons. The van der Waals surface area contributed by atoms with Gasteiger partial charge < -0.3 is 15.0 Å². The Balaban J connectivity index is 1.72. The zero-order valence-electron chi connectivity index (χ0n) is 20.4. The van der Waals surface area contributed by atoms with Crippen molar-refractivity contribution in [3.63, 3.8) is 0 Å². The van der Waals surface area contributed by atoms with E-state index in [2.05, 4.69) is 5.32 Å². The molecule has 2 heterocycles. The highest BCUT2D eigenvalue weighted by Crippen LogP contribution is 2.44. The van der Waals surface area contributed by atoms with Gasteiger partial charge >= 0.3 is 12.4 Å². The van der Waals surface area contributed by atoms with Crippen LogP contribution in [-0.4, -0.2) is 41.4 Å². The van der Waals surface area contributed by atoms with Crippen molar-refractivity contribution in [1.82, 2.24) is 10.2 Å². The number of ether oxygens (including phenoxy) is 1. The monoisotopic (exact) mass is 546 g/mol. The molecule has 38 heavy (non-hydrogen) atoms. The summed E-state index contributed by atoms with van der Waals surface area (Å²) in [4.78, 5) is 26.2. The molecule has 206 valence electrons. The van der Waals surface area contributed by atoms with Crippen LogP contribution in [0, 0.1) is 5.82 Å². The van der Waals surface area contributed by atoms with E-state index in [1.807, 2.05) is 0 Å². The van der Waals surface area contributed by atoms with Crippen LogP contribution in [0.5, 0.6) is 0 Å². The second-order valence-corrected chi connectivity index (χ2v) is 9.62. The van der Waals surface area contributed by atoms with Crippen LogP contribution in [0.25, 0.3) is 0 Å². The van der Waals surface area contributed by atoms with Crippen LogP contribution in [0.3, 0.4) is 0 Å². The van der Waals surface area contributed by atoms with E-state index in [1.165, 1.54) is 43.0 Å². The SMILES string of the molecule is CC(=O)NC1CCC(=O)N2C[C@H](O[C@H](C)c3cc(C(F)(F)F)cc(C(F)(F)F)c3)[C@@H](c3ccc(F)cc3)[C@@H]12. The average molecular weight is 546 g/mol. The Hall–Kier alpha value is -3.15. The maximum absolute atomic E-state index is 13.7. The number of alkyl halides is 6. The number of hydrogen-bond donors (Lipinski definition) is 1. The smallest absolute Gasteiger partial charge is 0.368 e. The molecule has 0 bridgehead atoms. The number of halogens is 7. The normalized spacial score (nSPS) is 24.8. The molecule has 0 aliphatic carbocycles. The largest absolute Gasteiger partial charge is 0.416 e. The van der Waals surface area contributed by atoms with Crippen molar-refractivity contribution in [2.24, 2.45) is 0 Å². The number of carbonyl (C=O) groups excluding carboxylic acids is 2. The molecule has 0 saturated carbocycles. The van der Waals surface area contributed by atoms with Crippen LogP contribution in [0.15, 0.2) is 42.5 Å². The molecule has 0 spiro atoms. The molecule has 2 aromatic rings. The quantitative estimate of drug-likeness (QED) is 0.497. The standard InChI is InChI=1S/C26H25F7N2O3/c1-13(16-9-17(25(28,29)30)11-18(10-16)26(31,32)33)38-21-12-35-22(37)8-7-20(34-14(2)36)24(35)23(21)15-3-5-19(27)6-4-15/h3-6,9-11,13,20-21,23-24H,7-8,12H2,1-2H3,(H,34,36)/t13-,20?,21+,23-,24-/m1/s1. The van der Waals surface area contributed by atoms with Gasteiger partial charge in [-0.2, -0.15) is 26.3 Å². The molecule has 5 nitrogen and oxygen atoms in total. The number of nitrogens with zero attached hydrogens (tertiary/aromatic N) is 1. The number of hydrogen-bond acceptors (Lipinski definition) is 3. The second kappa shape index (κ2) is 10.2. The zero-order valence-corrected chi connectivity index (χ0v) is 20.4. The Morgan fingerprint density at radius 2 is 1.61 bits per heavy atom. The van der Waals surface area contributed by atoms with Gasteiger partial charge in [0.15, 0.2) is 0 Å². The minimum atomic E-state index is -5.02. The van der Waals surface area contributed by atoms with Crippen LogP contribution >= 0.6 is 0 Å². The van der Waals surface area contributed by atoms with Crippen LogP contribution < -0.4 is 5.32 Å². The maximum Gasteiger partial charge on any atom is 0.416 e. The van der Waals surface area contributed by atoms with Gasteiger partial charge in [0, 0.05) is 25.8 Å². The number of nitrogens with one attached hydrogen (secondary N) is 1. The van der Waals surface area contributed by atoms with Crippen molar-refractivity contribution in [2.45, 2.75) is 69.3 Å². The van der Waals surface area contributed by atoms with Crippen LogP contribution in [0.2, 0.25) is 0 Å². The zero-order chi connectivity index (χ0) is 28.0. The molecule has 2 fully saturated rings. The predicted molar refractivity (Wildman–Crippen MR) is 121 cm³/mol. The first kappa shape index (κ1) is 27.9. The molecule has 4 rings (SSSR count).